The van der Waals surface area contributed by atoms with E-state index in [2.05, 4.69) is 22.4 Å². The summed E-state index contributed by atoms with van der Waals surface area (Å²) in [5, 5.41) is 5.68. The van der Waals surface area contributed by atoms with E-state index in [4.69, 9.17) is 13.6 Å². The molecule has 1 aliphatic rings. The molecule has 2 aromatic heterocycles. The number of ether oxygens (including phenoxy) is 1. The van der Waals surface area contributed by atoms with E-state index in [1.807, 2.05) is 36.5 Å². The molecule has 4 aromatic rings. The van der Waals surface area contributed by atoms with Gasteiger partial charge < -0.3 is 23.8 Å². The van der Waals surface area contributed by atoms with Crippen molar-refractivity contribution in [2.45, 2.75) is 45.9 Å². The molecular weight excluding hydrogens is 560 g/mol. The lowest BCUT2D eigenvalue weighted by atomic mass is 9.98. The van der Waals surface area contributed by atoms with Gasteiger partial charge in [0, 0.05) is 56.2 Å². The summed E-state index contributed by atoms with van der Waals surface area (Å²) in [6, 6.07) is 14.2. The monoisotopic (exact) mass is 594 g/mol. The van der Waals surface area contributed by atoms with Crippen LogP contribution in [-0.4, -0.2) is 60.6 Å². The minimum Gasteiger partial charge on any atom is -0.441 e. The van der Waals surface area contributed by atoms with Crippen LogP contribution >= 0.6 is 0 Å². The first-order chi connectivity index (χ1) is 20.1. The maximum Gasteiger partial charge on any atom is 0.519 e. The van der Waals surface area contributed by atoms with Gasteiger partial charge in [-0.3, -0.25) is 4.98 Å². The van der Waals surface area contributed by atoms with E-state index in [1.54, 1.807) is 31.4 Å². The lowest BCUT2D eigenvalue weighted by Crippen LogP contribution is -2.42. The predicted octanol–water partition coefficient (Wildman–Crippen LogP) is 4.75. The molecule has 0 saturated carbocycles. The minimum atomic E-state index is -3.19. The molecule has 0 radical (unpaired) electrons. The first-order valence-electron chi connectivity index (χ1n) is 13.8. The maximum absolute atomic E-state index is 12.6. The Hall–Kier alpha value is -4.16. The van der Waals surface area contributed by atoms with Gasteiger partial charge in [-0.2, -0.15) is 0 Å². The molecule has 42 heavy (non-hydrogen) atoms. The third-order valence-corrected chi connectivity index (χ3v) is 9.36. The van der Waals surface area contributed by atoms with Crippen molar-refractivity contribution in [3.05, 3.63) is 82.6 Å². The number of carbonyl (C=O) groups is 1. The second-order valence-corrected chi connectivity index (χ2v) is 12.6. The molecule has 1 amide bonds. The van der Waals surface area contributed by atoms with Crippen LogP contribution in [0.15, 0.2) is 68.5 Å². The lowest BCUT2D eigenvalue weighted by molar-refractivity contribution is 0.0953. The van der Waals surface area contributed by atoms with Crippen molar-refractivity contribution in [1.29, 1.82) is 0 Å². The molecule has 2 aromatic carbocycles. The number of aromatic nitrogens is 1. The summed E-state index contributed by atoms with van der Waals surface area (Å²) < 4.78 is 41.1. The number of nitrogens with zero attached hydrogens (tertiary/aromatic N) is 3. The van der Waals surface area contributed by atoms with Crippen LogP contribution in [0.4, 0.5) is 10.5 Å². The molecule has 12 heteroatoms. The van der Waals surface area contributed by atoms with Crippen LogP contribution in [0.25, 0.3) is 21.9 Å². The number of anilines is 1. The summed E-state index contributed by atoms with van der Waals surface area (Å²) in [4.78, 5) is 29.5. The number of nitrogens with one attached hydrogen (secondary N) is 1. The second-order valence-electron chi connectivity index (χ2n) is 10.4. The van der Waals surface area contributed by atoms with Crippen molar-refractivity contribution < 1.29 is 26.8 Å². The number of pyridine rings is 1. The summed E-state index contributed by atoms with van der Waals surface area (Å²) >= 11 is 0. The van der Waals surface area contributed by atoms with Gasteiger partial charge in [-0.05, 0) is 73.0 Å². The van der Waals surface area contributed by atoms with Gasteiger partial charge in [0.25, 0.3) is 0 Å². The SMILES string of the molecule is CCS(=O)(=O)N1CCC(Nc2cc(-c3cccc(CN(C)C(=O)OCc4oc(=O)oc4C)c3)cc3ccncc23)CC1. The normalized spacial score (nSPS) is 14.6. The Labute approximate surface area is 244 Å². The van der Waals surface area contributed by atoms with Gasteiger partial charge in [0.2, 0.25) is 10.0 Å². The number of benzene rings is 2. The average Bonchev–Trinajstić information content (AvgIpc) is 3.32. The summed E-state index contributed by atoms with van der Waals surface area (Å²) in [5.74, 6) is -0.265. The zero-order valence-electron chi connectivity index (χ0n) is 23.8. The van der Waals surface area contributed by atoms with Crippen LogP contribution in [0.5, 0.6) is 0 Å². The number of rotatable bonds is 9. The van der Waals surface area contributed by atoms with E-state index in [0.29, 0.717) is 19.6 Å². The topological polar surface area (TPSA) is 135 Å². The van der Waals surface area contributed by atoms with E-state index in [-0.39, 0.29) is 29.9 Å². The molecule has 1 fully saturated rings. The average molecular weight is 595 g/mol. The summed E-state index contributed by atoms with van der Waals surface area (Å²) in [7, 11) is -1.55. The molecule has 3 heterocycles. The standard InChI is InChI=1S/C30H34N4O7S/c1-4-42(37,38)34-12-9-25(10-13-34)32-27-16-24(15-23-8-11-31-17-26(23)27)22-7-5-6-21(14-22)18-33(3)29(35)39-19-28-20(2)40-30(36)41-28/h5-8,11,14-17,25,32H,4,9-10,12-13,18-19H2,1-3H3. The van der Waals surface area contributed by atoms with Crippen LogP contribution < -0.4 is 11.1 Å². The number of fused-ring (bicyclic) bond motifs is 1. The van der Waals surface area contributed by atoms with Gasteiger partial charge in [0.05, 0.1) is 5.75 Å². The first kappa shape index (κ1) is 29.3. The molecule has 0 bridgehead atoms. The van der Waals surface area contributed by atoms with Crippen LogP contribution in [-0.2, 0) is 27.9 Å². The minimum absolute atomic E-state index is 0.115. The maximum atomic E-state index is 12.6. The van der Waals surface area contributed by atoms with Gasteiger partial charge in [-0.25, -0.2) is 22.3 Å². The quantitative estimate of drug-likeness (QED) is 0.291. The fourth-order valence-corrected chi connectivity index (χ4v) is 6.23. The molecule has 0 atom stereocenters. The van der Waals surface area contributed by atoms with Crippen molar-refractivity contribution >= 4 is 32.6 Å². The third kappa shape index (κ3) is 6.66. The number of amides is 1. The number of sulfonamides is 1. The largest absolute Gasteiger partial charge is 0.519 e. The van der Waals surface area contributed by atoms with E-state index in [0.717, 1.165) is 46.0 Å². The molecule has 5 rings (SSSR count). The highest BCUT2D eigenvalue weighted by Crippen LogP contribution is 2.32. The number of carbonyl (C=O) groups excluding carboxylic acids is 1. The number of aryl methyl sites for hydroxylation is 1. The molecule has 0 unspecified atom stereocenters. The Kier molecular flexibility index (Phi) is 8.64. The molecule has 0 spiro atoms. The van der Waals surface area contributed by atoms with Crippen molar-refractivity contribution in [1.82, 2.24) is 14.2 Å². The van der Waals surface area contributed by atoms with Crippen LogP contribution in [0.3, 0.4) is 0 Å². The zero-order chi connectivity index (χ0) is 29.9. The van der Waals surface area contributed by atoms with Gasteiger partial charge >= 0.3 is 11.9 Å². The van der Waals surface area contributed by atoms with E-state index < -0.39 is 21.9 Å². The molecule has 1 aliphatic heterocycles. The molecule has 1 N–H and O–H groups in total. The van der Waals surface area contributed by atoms with E-state index in [1.165, 1.54) is 4.90 Å². The van der Waals surface area contributed by atoms with Crippen LogP contribution in [0.1, 0.15) is 36.8 Å². The second kappa shape index (κ2) is 12.4. The van der Waals surface area contributed by atoms with Crippen LogP contribution in [0, 0.1) is 6.92 Å². The molecule has 1 saturated heterocycles. The van der Waals surface area contributed by atoms with Gasteiger partial charge in [0.1, 0.15) is 0 Å². The van der Waals surface area contributed by atoms with Gasteiger partial charge in [0.15, 0.2) is 18.1 Å². The highest BCUT2D eigenvalue weighted by molar-refractivity contribution is 7.89. The van der Waals surface area contributed by atoms with Crippen molar-refractivity contribution in [3.63, 3.8) is 0 Å². The zero-order valence-corrected chi connectivity index (χ0v) is 24.6. The van der Waals surface area contributed by atoms with Crippen molar-refractivity contribution in [3.8, 4) is 11.1 Å². The summed E-state index contributed by atoms with van der Waals surface area (Å²) in [6.07, 6.45) is 4.47. The van der Waals surface area contributed by atoms with Crippen LogP contribution in [0.2, 0.25) is 0 Å². The first-order valence-corrected chi connectivity index (χ1v) is 15.4. The highest BCUT2D eigenvalue weighted by atomic mass is 32.2. The summed E-state index contributed by atoms with van der Waals surface area (Å²) in [6.45, 7) is 4.35. The Morgan fingerprint density at radius 3 is 2.64 bits per heavy atom. The molecule has 11 nitrogen and oxygen atoms in total. The number of hydrogen-bond acceptors (Lipinski definition) is 9. The highest BCUT2D eigenvalue weighted by Gasteiger charge is 2.27. The lowest BCUT2D eigenvalue weighted by Gasteiger charge is -2.32. The van der Waals surface area contributed by atoms with Crippen molar-refractivity contribution in [2.24, 2.45) is 0 Å². The molecule has 222 valence electrons. The third-order valence-electron chi connectivity index (χ3n) is 7.48. The number of hydrogen-bond donors (Lipinski definition) is 1. The van der Waals surface area contributed by atoms with E-state index >= 15 is 0 Å². The van der Waals surface area contributed by atoms with E-state index in [9.17, 15) is 18.0 Å². The fraction of sp³-hybridized carbons (Fsp3) is 0.367. The summed E-state index contributed by atoms with van der Waals surface area (Å²) in [5.41, 5.74) is 3.84. The fourth-order valence-electron chi connectivity index (χ4n) is 5.10. The Morgan fingerprint density at radius 2 is 1.93 bits per heavy atom. The Balaban J connectivity index is 1.30. The van der Waals surface area contributed by atoms with Gasteiger partial charge in [-0.1, -0.05) is 18.2 Å². The van der Waals surface area contributed by atoms with Gasteiger partial charge in [-0.15, -0.1) is 0 Å². The smallest absolute Gasteiger partial charge is 0.441 e. The Morgan fingerprint density at radius 1 is 1.14 bits per heavy atom. The predicted molar refractivity (Wildman–Crippen MR) is 158 cm³/mol. The van der Waals surface area contributed by atoms with Crippen molar-refractivity contribution in [2.75, 3.05) is 31.2 Å². The molecule has 0 aliphatic carbocycles. The molecular formula is C30H34N4O7S. The number of piperidine rings is 1. The Bertz CT molecular complexity index is 1740.